The van der Waals surface area contributed by atoms with E-state index in [1.165, 1.54) is 0 Å². The molecule has 1 aromatic rings. The number of carbonyl (C=O) groups is 1. The quantitative estimate of drug-likeness (QED) is 0.774. The van der Waals surface area contributed by atoms with Crippen molar-refractivity contribution in [1.29, 1.82) is 0 Å². The topological polar surface area (TPSA) is 68.3 Å². The minimum absolute atomic E-state index is 0.0891. The SMILES string of the molecule is CC(Cc1ccco1)NC(=O)CCC(CCN)C(C)(C)C. The first-order chi connectivity index (χ1) is 9.82. The van der Waals surface area contributed by atoms with Gasteiger partial charge in [-0.3, -0.25) is 4.79 Å². The monoisotopic (exact) mass is 294 g/mol. The number of carbonyl (C=O) groups excluding carboxylic acids is 1. The molecule has 1 amide bonds. The number of furan rings is 1. The van der Waals surface area contributed by atoms with E-state index >= 15 is 0 Å². The standard InChI is InChI=1S/C17H30N2O2/c1-13(12-15-6-5-11-21-15)19-16(20)8-7-14(9-10-18)17(2,3)4/h5-6,11,13-14H,7-10,12,18H2,1-4H3,(H,19,20). The van der Waals surface area contributed by atoms with Gasteiger partial charge in [0.25, 0.3) is 0 Å². The van der Waals surface area contributed by atoms with Gasteiger partial charge in [-0.1, -0.05) is 20.8 Å². The molecule has 0 aromatic carbocycles. The molecule has 120 valence electrons. The van der Waals surface area contributed by atoms with Crippen molar-refractivity contribution < 1.29 is 9.21 Å². The van der Waals surface area contributed by atoms with Crippen LogP contribution in [0.2, 0.25) is 0 Å². The number of hydrogen-bond acceptors (Lipinski definition) is 3. The van der Waals surface area contributed by atoms with Gasteiger partial charge >= 0.3 is 0 Å². The Morgan fingerprint density at radius 2 is 2.10 bits per heavy atom. The van der Waals surface area contributed by atoms with Crippen molar-refractivity contribution in [1.82, 2.24) is 5.32 Å². The van der Waals surface area contributed by atoms with Crippen LogP contribution in [0, 0.1) is 11.3 Å². The van der Waals surface area contributed by atoms with E-state index in [4.69, 9.17) is 10.2 Å². The molecule has 2 atom stereocenters. The summed E-state index contributed by atoms with van der Waals surface area (Å²) in [5.74, 6) is 1.49. The van der Waals surface area contributed by atoms with Gasteiger partial charge in [0.05, 0.1) is 6.26 Å². The van der Waals surface area contributed by atoms with Gasteiger partial charge in [-0.15, -0.1) is 0 Å². The highest BCUT2D eigenvalue weighted by molar-refractivity contribution is 5.76. The highest BCUT2D eigenvalue weighted by Crippen LogP contribution is 2.32. The minimum atomic E-state index is 0.0891. The van der Waals surface area contributed by atoms with Crippen molar-refractivity contribution >= 4 is 5.91 Å². The second-order valence-corrected chi connectivity index (χ2v) is 6.93. The van der Waals surface area contributed by atoms with E-state index in [2.05, 4.69) is 26.1 Å². The molecule has 0 aliphatic rings. The van der Waals surface area contributed by atoms with Crippen LogP contribution in [-0.2, 0) is 11.2 Å². The summed E-state index contributed by atoms with van der Waals surface area (Å²) in [6.07, 6.45) is 4.80. The van der Waals surface area contributed by atoms with Crippen LogP contribution in [0.3, 0.4) is 0 Å². The third-order valence-corrected chi connectivity index (χ3v) is 3.95. The van der Waals surface area contributed by atoms with Crippen LogP contribution in [-0.4, -0.2) is 18.5 Å². The molecule has 0 aliphatic carbocycles. The molecule has 21 heavy (non-hydrogen) atoms. The molecule has 0 saturated carbocycles. The van der Waals surface area contributed by atoms with E-state index in [-0.39, 0.29) is 17.4 Å². The second kappa shape index (κ2) is 8.23. The Kier molecular flexibility index (Phi) is 6.96. The average Bonchev–Trinajstić information content (AvgIpc) is 2.85. The van der Waals surface area contributed by atoms with Gasteiger partial charge in [0.1, 0.15) is 5.76 Å². The van der Waals surface area contributed by atoms with E-state index in [1.54, 1.807) is 6.26 Å². The summed E-state index contributed by atoms with van der Waals surface area (Å²) in [6, 6.07) is 3.88. The first-order valence-corrected chi connectivity index (χ1v) is 7.84. The minimum Gasteiger partial charge on any atom is -0.469 e. The summed E-state index contributed by atoms with van der Waals surface area (Å²) < 4.78 is 5.30. The Morgan fingerprint density at radius 1 is 1.38 bits per heavy atom. The van der Waals surface area contributed by atoms with Crippen LogP contribution in [0.25, 0.3) is 0 Å². The zero-order valence-electron chi connectivity index (χ0n) is 13.8. The Balaban J connectivity index is 2.35. The summed E-state index contributed by atoms with van der Waals surface area (Å²) in [5.41, 5.74) is 5.87. The molecule has 1 aromatic heterocycles. The van der Waals surface area contributed by atoms with Crippen LogP contribution in [0.15, 0.2) is 22.8 Å². The van der Waals surface area contributed by atoms with Crippen molar-refractivity contribution in [2.24, 2.45) is 17.1 Å². The van der Waals surface area contributed by atoms with Crippen LogP contribution in [0.4, 0.5) is 0 Å². The second-order valence-electron chi connectivity index (χ2n) is 6.93. The molecule has 4 heteroatoms. The largest absolute Gasteiger partial charge is 0.469 e. The van der Waals surface area contributed by atoms with Gasteiger partial charge < -0.3 is 15.5 Å². The van der Waals surface area contributed by atoms with Gasteiger partial charge in [0.2, 0.25) is 5.91 Å². The first kappa shape index (κ1) is 17.8. The Morgan fingerprint density at radius 3 is 2.62 bits per heavy atom. The normalized spacial score (nSPS) is 14.7. The van der Waals surface area contributed by atoms with Gasteiger partial charge in [-0.2, -0.15) is 0 Å². The van der Waals surface area contributed by atoms with E-state index in [0.717, 1.165) is 25.0 Å². The molecule has 0 bridgehead atoms. The fourth-order valence-electron chi connectivity index (χ4n) is 2.65. The number of nitrogens with two attached hydrogens (primary N) is 1. The maximum Gasteiger partial charge on any atom is 0.220 e. The molecule has 0 saturated heterocycles. The lowest BCUT2D eigenvalue weighted by Crippen LogP contribution is -2.34. The van der Waals surface area contributed by atoms with Crippen LogP contribution >= 0.6 is 0 Å². The van der Waals surface area contributed by atoms with Crippen molar-refractivity contribution in [3.63, 3.8) is 0 Å². The van der Waals surface area contributed by atoms with Crippen molar-refractivity contribution in [3.05, 3.63) is 24.2 Å². The van der Waals surface area contributed by atoms with E-state index in [9.17, 15) is 4.79 Å². The molecule has 1 rings (SSSR count). The molecule has 4 nitrogen and oxygen atoms in total. The molecule has 1 heterocycles. The van der Waals surface area contributed by atoms with Crippen LogP contribution in [0.5, 0.6) is 0 Å². The molecule has 2 unspecified atom stereocenters. The van der Waals surface area contributed by atoms with Crippen molar-refractivity contribution in [2.45, 2.75) is 59.4 Å². The fraction of sp³-hybridized carbons (Fsp3) is 0.706. The van der Waals surface area contributed by atoms with Crippen molar-refractivity contribution in [2.75, 3.05) is 6.54 Å². The smallest absolute Gasteiger partial charge is 0.220 e. The van der Waals surface area contributed by atoms with Gasteiger partial charge in [0, 0.05) is 18.9 Å². The summed E-state index contributed by atoms with van der Waals surface area (Å²) in [4.78, 5) is 12.0. The molecule has 0 fully saturated rings. The lowest BCUT2D eigenvalue weighted by molar-refractivity contribution is -0.122. The van der Waals surface area contributed by atoms with Crippen LogP contribution < -0.4 is 11.1 Å². The summed E-state index contributed by atoms with van der Waals surface area (Å²) in [7, 11) is 0. The van der Waals surface area contributed by atoms with Gasteiger partial charge in [-0.25, -0.2) is 0 Å². The lowest BCUT2D eigenvalue weighted by Gasteiger charge is -2.30. The summed E-state index contributed by atoms with van der Waals surface area (Å²) in [5, 5.41) is 3.04. The highest BCUT2D eigenvalue weighted by atomic mass is 16.3. The fourth-order valence-corrected chi connectivity index (χ4v) is 2.65. The highest BCUT2D eigenvalue weighted by Gasteiger charge is 2.24. The predicted molar refractivity (Wildman–Crippen MR) is 85.9 cm³/mol. The summed E-state index contributed by atoms with van der Waals surface area (Å²) >= 11 is 0. The third-order valence-electron chi connectivity index (χ3n) is 3.95. The van der Waals surface area contributed by atoms with Crippen molar-refractivity contribution in [3.8, 4) is 0 Å². The number of nitrogens with one attached hydrogen (secondary N) is 1. The summed E-state index contributed by atoms with van der Waals surface area (Å²) in [6.45, 7) is 9.32. The molecule has 3 N–H and O–H groups in total. The first-order valence-electron chi connectivity index (χ1n) is 7.84. The maximum absolute atomic E-state index is 12.0. The molecular formula is C17H30N2O2. The lowest BCUT2D eigenvalue weighted by atomic mass is 9.76. The Bertz CT molecular complexity index is 407. The molecule has 0 radical (unpaired) electrons. The number of rotatable bonds is 8. The van der Waals surface area contributed by atoms with E-state index in [1.807, 2.05) is 19.1 Å². The van der Waals surface area contributed by atoms with Crippen LogP contribution in [0.1, 0.15) is 52.7 Å². The van der Waals surface area contributed by atoms with Gasteiger partial charge in [-0.05, 0) is 49.8 Å². The molecule has 0 spiro atoms. The zero-order chi connectivity index (χ0) is 15.9. The van der Waals surface area contributed by atoms with E-state index < -0.39 is 0 Å². The predicted octanol–water partition coefficient (Wildman–Crippen LogP) is 3.12. The Labute approximate surface area is 128 Å². The third kappa shape index (κ3) is 6.80. The maximum atomic E-state index is 12.0. The van der Waals surface area contributed by atoms with E-state index in [0.29, 0.717) is 18.9 Å². The zero-order valence-corrected chi connectivity index (χ0v) is 13.8. The average molecular weight is 294 g/mol. The molecule has 0 aliphatic heterocycles. The molecular weight excluding hydrogens is 264 g/mol. The number of amides is 1. The van der Waals surface area contributed by atoms with Gasteiger partial charge in [0.15, 0.2) is 0 Å². The number of hydrogen-bond donors (Lipinski definition) is 2. The Hall–Kier alpha value is -1.29.